The molecule has 1 aromatic carbocycles. The summed E-state index contributed by atoms with van der Waals surface area (Å²) < 4.78 is 5.19. The predicted octanol–water partition coefficient (Wildman–Crippen LogP) is 2.68. The molecule has 4 heteroatoms. The molecule has 1 unspecified atom stereocenters. The maximum atomic E-state index is 11.3. The van der Waals surface area contributed by atoms with E-state index in [-0.39, 0.29) is 0 Å². The van der Waals surface area contributed by atoms with Crippen molar-refractivity contribution in [3.05, 3.63) is 29.5 Å². The molecule has 1 atom stereocenters. The molecule has 94 valence electrons. The number of aryl methyl sites for hydroxylation is 1. The van der Waals surface area contributed by atoms with Gasteiger partial charge in [-0.25, -0.2) is 0 Å². The number of aromatic nitrogens is 1. The molecule has 1 aliphatic carbocycles. The van der Waals surface area contributed by atoms with Gasteiger partial charge in [0.05, 0.1) is 13.0 Å². The zero-order valence-electron chi connectivity index (χ0n) is 10.2. The van der Waals surface area contributed by atoms with Crippen LogP contribution in [0.4, 0.5) is 0 Å². The summed E-state index contributed by atoms with van der Waals surface area (Å²) in [4.78, 5) is 14.5. The van der Waals surface area contributed by atoms with Crippen molar-refractivity contribution in [3.63, 3.8) is 0 Å². The first-order chi connectivity index (χ1) is 8.70. The summed E-state index contributed by atoms with van der Waals surface area (Å²) in [6.45, 7) is 0. The van der Waals surface area contributed by atoms with Gasteiger partial charge in [-0.15, -0.1) is 0 Å². The van der Waals surface area contributed by atoms with Crippen LogP contribution in [-0.4, -0.2) is 23.2 Å². The highest BCUT2D eigenvalue weighted by Crippen LogP contribution is 2.37. The molecule has 3 rings (SSSR count). The maximum absolute atomic E-state index is 11.3. The first-order valence-electron chi connectivity index (χ1n) is 6.12. The first kappa shape index (κ1) is 11.1. The highest BCUT2D eigenvalue weighted by molar-refractivity contribution is 5.89. The summed E-state index contributed by atoms with van der Waals surface area (Å²) in [5.41, 5.74) is 3.00. The van der Waals surface area contributed by atoms with Crippen molar-refractivity contribution in [1.82, 2.24) is 4.98 Å². The predicted molar refractivity (Wildman–Crippen MR) is 68.2 cm³/mol. The number of carboxylic acids is 1. The molecule has 0 bridgehead atoms. The van der Waals surface area contributed by atoms with Gasteiger partial charge in [-0.05, 0) is 37.0 Å². The Labute approximate surface area is 105 Å². The van der Waals surface area contributed by atoms with E-state index in [1.165, 1.54) is 0 Å². The van der Waals surface area contributed by atoms with Gasteiger partial charge in [0.15, 0.2) is 0 Å². The number of aliphatic carboxylic acids is 1. The number of carboxylic acid groups (broad SMARTS) is 1. The number of benzene rings is 1. The van der Waals surface area contributed by atoms with Crippen molar-refractivity contribution in [2.75, 3.05) is 7.11 Å². The van der Waals surface area contributed by atoms with E-state index < -0.39 is 11.9 Å². The summed E-state index contributed by atoms with van der Waals surface area (Å²) in [6.07, 6.45) is 2.60. The Hall–Kier alpha value is -1.97. The van der Waals surface area contributed by atoms with E-state index in [9.17, 15) is 9.90 Å². The van der Waals surface area contributed by atoms with Gasteiger partial charge < -0.3 is 14.8 Å². The van der Waals surface area contributed by atoms with Gasteiger partial charge in [0.25, 0.3) is 0 Å². The fourth-order valence-corrected chi connectivity index (χ4v) is 2.82. The normalized spacial score (nSPS) is 18.6. The number of hydrogen-bond donors (Lipinski definition) is 2. The minimum atomic E-state index is -0.741. The molecule has 4 nitrogen and oxygen atoms in total. The topological polar surface area (TPSA) is 62.3 Å². The van der Waals surface area contributed by atoms with Gasteiger partial charge in [0.2, 0.25) is 0 Å². The molecule has 0 spiro atoms. The van der Waals surface area contributed by atoms with E-state index in [0.29, 0.717) is 6.42 Å². The highest BCUT2D eigenvalue weighted by atomic mass is 16.5. The lowest BCUT2D eigenvalue weighted by atomic mass is 9.87. The first-order valence-corrected chi connectivity index (χ1v) is 6.12. The van der Waals surface area contributed by atoms with Crippen LogP contribution in [0.15, 0.2) is 18.2 Å². The Bertz CT molecular complexity index is 615. The van der Waals surface area contributed by atoms with E-state index in [1.807, 2.05) is 18.2 Å². The van der Waals surface area contributed by atoms with Gasteiger partial charge in [0.1, 0.15) is 5.75 Å². The minimum Gasteiger partial charge on any atom is -0.497 e. The summed E-state index contributed by atoms with van der Waals surface area (Å²) in [5.74, 6) is -0.352. The van der Waals surface area contributed by atoms with E-state index in [4.69, 9.17) is 4.74 Å². The van der Waals surface area contributed by atoms with Crippen LogP contribution in [0.2, 0.25) is 0 Å². The van der Waals surface area contributed by atoms with Crippen LogP contribution in [0.1, 0.15) is 30.0 Å². The Morgan fingerprint density at radius 2 is 2.33 bits per heavy atom. The third-order valence-electron chi connectivity index (χ3n) is 3.71. The average Bonchev–Trinajstić information content (AvgIpc) is 2.75. The van der Waals surface area contributed by atoms with Gasteiger partial charge in [-0.1, -0.05) is 0 Å². The lowest BCUT2D eigenvalue weighted by Crippen LogP contribution is -2.17. The van der Waals surface area contributed by atoms with Crippen LogP contribution < -0.4 is 4.74 Å². The Morgan fingerprint density at radius 3 is 3.06 bits per heavy atom. The van der Waals surface area contributed by atoms with Crippen LogP contribution in [0.5, 0.6) is 5.75 Å². The number of fused-ring (bicyclic) bond motifs is 3. The zero-order valence-corrected chi connectivity index (χ0v) is 10.2. The molecular weight excluding hydrogens is 230 g/mol. The second-order valence-corrected chi connectivity index (χ2v) is 4.71. The van der Waals surface area contributed by atoms with Crippen molar-refractivity contribution < 1.29 is 14.6 Å². The van der Waals surface area contributed by atoms with Crippen molar-refractivity contribution >= 4 is 16.9 Å². The van der Waals surface area contributed by atoms with E-state index in [2.05, 4.69) is 4.98 Å². The van der Waals surface area contributed by atoms with Crippen LogP contribution >= 0.6 is 0 Å². The zero-order chi connectivity index (χ0) is 12.7. The van der Waals surface area contributed by atoms with E-state index in [1.54, 1.807) is 7.11 Å². The smallest absolute Gasteiger partial charge is 0.312 e. The number of rotatable bonds is 2. The van der Waals surface area contributed by atoms with Crippen LogP contribution in [-0.2, 0) is 11.2 Å². The molecule has 2 aromatic rings. The van der Waals surface area contributed by atoms with Crippen LogP contribution in [0, 0.1) is 0 Å². The SMILES string of the molecule is COc1ccc2c3c([nH]c2c1)C(C(=O)O)CCC3. The lowest BCUT2D eigenvalue weighted by molar-refractivity contribution is -0.139. The molecule has 1 aromatic heterocycles. The lowest BCUT2D eigenvalue weighted by Gasteiger charge is -2.18. The summed E-state index contributed by atoms with van der Waals surface area (Å²) in [5, 5.41) is 10.4. The molecule has 0 radical (unpaired) electrons. The number of H-pyrrole nitrogens is 1. The van der Waals surface area contributed by atoms with E-state index >= 15 is 0 Å². The molecule has 1 aliphatic rings. The van der Waals surface area contributed by atoms with Crippen LogP contribution in [0.25, 0.3) is 10.9 Å². The second-order valence-electron chi connectivity index (χ2n) is 4.71. The Balaban J connectivity index is 2.19. The average molecular weight is 245 g/mol. The van der Waals surface area contributed by atoms with Gasteiger partial charge in [-0.2, -0.15) is 0 Å². The molecule has 0 saturated heterocycles. The largest absolute Gasteiger partial charge is 0.497 e. The molecule has 0 aliphatic heterocycles. The molecule has 0 amide bonds. The summed E-state index contributed by atoms with van der Waals surface area (Å²) in [6, 6.07) is 5.85. The second kappa shape index (κ2) is 4.05. The monoisotopic (exact) mass is 245 g/mol. The van der Waals surface area contributed by atoms with Gasteiger partial charge in [-0.3, -0.25) is 4.79 Å². The quantitative estimate of drug-likeness (QED) is 0.855. The van der Waals surface area contributed by atoms with Crippen molar-refractivity contribution in [2.24, 2.45) is 0 Å². The Morgan fingerprint density at radius 1 is 1.50 bits per heavy atom. The van der Waals surface area contributed by atoms with Crippen molar-refractivity contribution in [3.8, 4) is 5.75 Å². The van der Waals surface area contributed by atoms with Gasteiger partial charge >= 0.3 is 5.97 Å². The van der Waals surface area contributed by atoms with Crippen molar-refractivity contribution in [2.45, 2.75) is 25.2 Å². The number of hydrogen-bond acceptors (Lipinski definition) is 2. The molecule has 18 heavy (non-hydrogen) atoms. The standard InChI is InChI=1S/C14H15NO3/c1-18-8-5-6-9-10-3-2-4-11(14(16)17)13(10)15-12(9)7-8/h5-7,11,15H,2-4H2,1H3,(H,16,17). The number of ether oxygens (including phenoxy) is 1. The molecule has 1 heterocycles. The third kappa shape index (κ3) is 1.56. The molecule has 0 fully saturated rings. The van der Waals surface area contributed by atoms with Crippen LogP contribution in [0.3, 0.4) is 0 Å². The van der Waals surface area contributed by atoms with E-state index in [0.717, 1.165) is 40.8 Å². The fraction of sp³-hybridized carbons (Fsp3) is 0.357. The number of methoxy groups -OCH3 is 1. The Kier molecular flexibility index (Phi) is 2.51. The summed E-state index contributed by atoms with van der Waals surface area (Å²) >= 11 is 0. The fourth-order valence-electron chi connectivity index (χ4n) is 2.82. The van der Waals surface area contributed by atoms with Crippen molar-refractivity contribution in [1.29, 1.82) is 0 Å². The molecular formula is C14H15NO3. The number of nitrogens with one attached hydrogen (secondary N) is 1. The maximum Gasteiger partial charge on any atom is 0.312 e. The third-order valence-corrected chi connectivity index (χ3v) is 3.71. The minimum absolute atomic E-state index is 0.396. The molecule has 2 N–H and O–H groups in total. The summed E-state index contributed by atoms with van der Waals surface area (Å²) in [7, 11) is 1.63. The molecule has 0 saturated carbocycles. The number of aromatic amines is 1. The highest BCUT2D eigenvalue weighted by Gasteiger charge is 2.29. The van der Waals surface area contributed by atoms with Gasteiger partial charge in [0, 0.05) is 22.7 Å². The number of carbonyl (C=O) groups is 1.